The van der Waals surface area contributed by atoms with E-state index in [2.05, 4.69) is 51.9 Å². The average Bonchev–Trinajstić information content (AvgIpc) is 3.00. The van der Waals surface area contributed by atoms with Gasteiger partial charge in [0.05, 0.1) is 6.54 Å². The first-order valence-corrected chi connectivity index (χ1v) is 8.42. The van der Waals surface area contributed by atoms with Crippen molar-refractivity contribution in [3.63, 3.8) is 0 Å². The fourth-order valence-corrected chi connectivity index (χ4v) is 3.03. The lowest BCUT2D eigenvalue weighted by Crippen LogP contribution is -2.48. The van der Waals surface area contributed by atoms with E-state index < -0.39 is 0 Å². The number of halogens is 1. The van der Waals surface area contributed by atoms with Gasteiger partial charge in [0, 0.05) is 31.7 Å². The van der Waals surface area contributed by atoms with Gasteiger partial charge >= 0.3 is 0 Å². The van der Waals surface area contributed by atoms with Crippen LogP contribution in [0.1, 0.15) is 29.9 Å². The summed E-state index contributed by atoms with van der Waals surface area (Å²) in [6.45, 7) is 6.87. The number of piperazine rings is 1. The van der Waals surface area contributed by atoms with Crippen LogP contribution in [0.3, 0.4) is 0 Å². The largest absolute Gasteiger partial charge is 0.360 e. The molecule has 1 aromatic heterocycles. The van der Waals surface area contributed by atoms with E-state index in [1.54, 1.807) is 13.0 Å². The molecule has 1 aromatic carbocycles. The maximum absolute atomic E-state index is 12.3. The summed E-state index contributed by atoms with van der Waals surface area (Å²) in [6, 6.07) is 10.6. The number of rotatable bonds is 5. The number of aryl methyl sites for hydroxylation is 2. The van der Waals surface area contributed by atoms with Gasteiger partial charge < -0.3 is 15.2 Å². The van der Waals surface area contributed by atoms with E-state index >= 15 is 0 Å². The number of hydrogen-bond donors (Lipinski definition) is 2. The van der Waals surface area contributed by atoms with Crippen LogP contribution < -0.4 is 10.6 Å². The molecule has 1 saturated heterocycles. The summed E-state index contributed by atoms with van der Waals surface area (Å²) in [5.41, 5.74) is 2.57. The summed E-state index contributed by atoms with van der Waals surface area (Å²) in [6.07, 6.45) is 1.03. The van der Waals surface area contributed by atoms with Gasteiger partial charge in [0.2, 0.25) is 5.91 Å². The predicted molar refractivity (Wildman–Crippen MR) is 100 cm³/mol. The molecule has 0 spiro atoms. The van der Waals surface area contributed by atoms with E-state index in [0.717, 1.165) is 26.1 Å². The smallest absolute Gasteiger partial charge is 0.239 e. The van der Waals surface area contributed by atoms with Crippen LogP contribution in [-0.2, 0) is 11.2 Å². The fraction of sp³-hybridized carbons (Fsp3) is 0.444. The van der Waals surface area contributed by atoms with Gasteiger partial charge in [0.1, 0.15) is 5.76 Å². The van der Waals surface area contributed by atoms with Gasteiger partial charge in [0.15, 0.2) is 5.82 Å². The Morgan fingerprint density at radius 1 is 1.40 bits per heavy atom. The Morgan fingerprint density at radius 2 is 2.16 bits per heavy atom. The number of aromatic nitrogens is 1. The van der Waals surface area contributed by atoms with Crippen LogP contribution in [0.5, 0.6) is 0 Å². The van der Waals surface area contributed by atoms with Crippen molar-refractivity contribution in [2.45, 2.75) is 26.3 Å². The highest BCUT2D eigenvalue weighted by Gasteiger charge is 2.25. The minimum atomic E-state index is -0.0691. The maximum atomic E-state index is 12.3. The molecule has 25 heavy (non-hydrogen) atoms. The van der Waals surface area contributed by atoms with Crippen LogP contribution in [0.25, 0.3) is 0 Å². The SMILES string of the molecule is CCc1ccc(C2CNCCN2CC(=O)Nc2cc(C)on2)cc1.Cl. The second-order valence-corrected chi connectivity index (χ2v) is 6.16. The van der Waals surface area contributed by atoms with Crippen molar-refractivity contribution < 1.29 is 9.32 Å². The van der Waals surface area contributed by atoms with Crippen molar-refractivity contribution in [3.05, 3.63) is 47.2 Å². The van der Waals surface area contributed by atoms with E-state index in [4.69, 9.17) is 4.52 Å². The Kier molecular flexibility index (Phi) is 6.99. The third kappa shape index (κ3) is 5.04. The number of nitrogens with one attached hydrogen (secondary N) is 2. The van der Waals surface area contributed by atoms with Gasteiger partial charge in [-0.1, -0.05) is 36.3 Å². The lowest BCUT2D eigenvalue weighted by Gasteiger charge is -2.36. The van der Waals surface area contributed by atoms with Gasteiger partial charge in [-0.15, -0.1) is 12.4 Å². The van der Waals surface area contributed by atoms with Crippen molar-refractivity contribution in [3.8, 4) is 0 Å². The van der Waals surface area contributed by atoms with Gasteiger partial charge in [-0.05, 0) is 24.5 Å². The first-order valence-electron chi connectivity index (χ1n) is 8.42. The maximum Gasteiger partial charge on any atom is 0.239 e. The van der Waals surface area contributed by atoms with Crippen molar-refractivity contribution in [1.29, 1.82) is 0 Å². The van der Waals surface area contributed by atoms with Crippen LogP contribution in [0.2, 0.25) is 0 Å². The highest BCUT2D eigenvalue weighted by Crippen LogP contribution is 2.22. The molecule has 2 heterocycles. The monoisotopic (exact) mass is 364 g/mol. The number of benzene rings is 1. The summed E-state index contributed by atoms with van der Waals surface area (Å²) in [7, 11) is 0. The number of carbonyl (C=O) groups is 1. The van der Waals surface area contributed by atoms with E-state index in [1.807, 2.05) is 0 Å². The van der Waals surface area contributed by atoms with Gasteiger partial charge in [-0.25, -0.2) is 0 Å². The number of hydrogen-bond acceptors (Lipinski definition) is 5. The van der Waals surface area contributed by atoms with Crippen molar-refractivity contribution >= 4 is 24.1 Å². The molecule has 0 radical (unpaired) electrons. The zero-order chi connectivity index (χ0) is 16.9. The Labute approximate surface area is 154 Å². The lowest BCUT2D eigenvalue weighted by atomic mass is 10.0. The highest BCUT2D eigenvalue weighted by atomic mass is 35.5. The quantitative estimate of drug-likeness (QED) is 0.853. The summed E-state index contributed by atoms with van der Waals surface area (Å²) >= 11 is 0. The zero-order valence-electron chi connectivity index (χ0n) is 14.6. The minimum Gasteiger partial charge on any atom is -0.360 e. The van der Waals surface area contributed by atoms with Crippen molar-refractivity contribution in [2.75, 3.05) is 31.5 Å². The second kappa shape index (κ2) is 8.99. The minimum absolute atomic E-state index is 0. The summed E-state index contributed by atoms with van der Waals surface area (Å²) < 4.78 is 4.98. The number of anilines is 1. The number of nitrogens with zero attached hydrogens (tertiary/aromatic N) is 2. The molecule has 0 aliphatic carbocycles. The van der Waals surface area contributed by atoms with Crippen molar-refractivity contribution in [1.82, 2.24) is 15.4 Å². The summed E-state index contributed by atoms with van der Waals surface area (Å²) in [5, 5.41) is 10.0. The van der Waals surface area contributed by atoms with Crippen LogP contribution in [0.4, 0.5) is 5.82 Å². The summed E-state index contributed by atoms with van der Waals surface area (Å²) in [5.74, 6) is 1.08. The van der Waals surface area contributed by atoms with Gasteiger partial charge in [-0.2, -0.15) is 0 Å². The molecule has 7 heteroatoms. The Morgan fingerprint density at radius 3 is 2.80 bits per heavy atom. The fourth-order valence-electron chi connectivity index (χ4n) is 3.03. The molecule has 2 aromatic rings. The molecule has 1 aliphatic heterocycles. The lowest BCUT2D eigenvalue weighted by molar-refractivity contribution is -0.118. The molecular formula is C18H25ClN4O2. The van der Waals surface area contributed by atoms with Crippen LogP contribution >= 0.6 is 12.4 Å². The zero-order valence-corrected chi connectivity index (χ0v) is 15.4. The molecule has 0 saturated carbocycles. The van der Waals surface area contributed by atoms with Crippen LogP contribution in [-0.4, -0.2) is 42.1 Å². The van der Waals surface area contributed by atoms with Gasteiger partial charge in [0.25, 0.3) is 0 Å². The standard InChI is InChI=1S/C18H24N4O2.ClH/c1-3-14-4-6-15(7-5-14)16-11-19-8-9-22(16)12-18(23)20-17-10-13(2)24-21-17;/h4-7,10,16,19H,3,8-9,11-12H2,1-2H3,(H,20,21,23);1H. The molecule has 1 amide bonds. The molecule has 1 fully saturated rings. The van der Waals surface area contributed by atoms with E-state index in [-0.39, 0.29) is 24.4 Å². The third-order valence-electron chi connectivity index (χ3n) is 4.37. The Balaban J connectivity index is 0.00000225. The molecule has 1 atom stereocenters. The molecular weight excluding hydrogens is 340 g/mol. The summed E-state index contributed by atoms with van der Waals surface area (Å²) in [4.78, 5) is 14.5. The van der Waals surface area contributed by atoms with Crippen molar-refractivity contribution in [2.24, 2.45) is 0 Å². The third-order valence-corrected chi connectivity index (χ3v) is 4.37. The van der Waals surface area contributed by atoms with Gasteiger partial charge in [-0.3, -0.25) is 9.69 Å². The van der Waals surface area contributed by atoms with E-state index in [1.165, 1.54) is 11.1 Å². The number of amides is 1. The van der Waals surface area contributed by atoms with Crippen LogP contribution in [0.15, 0.2) is 34.9 Å². The molecule has 1 unspecified atom stereocenters. The first-order chi connectivity index (χ1) is 11.7. The topological polar surface area (TPSA) is 70.4 Å². The average molecular weight is 365 g/mol. The first kappa shape index (κ1) is 19.4. The Bertz CT molecular complexity index is 687. The molecule has 136 valence electrons. The van der Waals surface area contributed by atoms with Crippen LogP contribution in [0, 0.1) is 6.92 Å². The predicted octanol–water partition coefficient (Wildman–Crippen LogP) is 2.55. The normalized spacial score (nSPS) is 17.8. The molecule has 0 bridgehead atoms. The highest BCUT2D eigenvalue weighted by molar-refractivity contribution is 5.91. The molecule has 6 nitrogen and oxygen atoms in total. The van der Waals surface area contributed by atoms with E-state index in [9.17, 15) is 4.79 Å². The Hall–Kier alpha value is -1.89. The molecule has 3 rings (SSSR count). The number of carbonyl (C=O) groups excluding carboxylic acids is 1. The molecule has 1 aliphatic rings. The second-order valence-electron chi connectivity index (χ2n) is 6.16. The van der Waals surface area contributed by atoms with E-state index in [0.29, 0.717) is 18.1 Å². The molecule has 2 N–H and O–H groups in total.